The lowest BCUT2D eigenvalue weighted by Gasteiger charge is -2.28. The Labute approximate surface area is 162 Å². The van der Waals surface area contributed by atoms with Crippen LogP contribution in [-0.4, -0.2) is 18.2 Å². The highest BCUT2D eigenvalue weighted by molar-refractivity contribution is 7.80. The summed E-state index contributed by atoms with van der Waals surface area (Å²) in [4.78, 5) is 2.40. The predicted molar refractivity (Wildman–Crippen MR) is 107 cm³/mol. The first-order valence-corrected chi connectivity index (χ1v) is 9.39. The summed E-state index contributed by atoms with van der Waals surface area (Å²) in [6, 6.07) is 13.2. The largest absolute Gasteiger partial charge is 0.416 e. The van der Waals surface area contributed by atoms with E-state index in [0.717, 1.165) is 30.8 Å². The van der Waals surface area contributed by atoms with Crippen LogP contribution in [-0.2, 0) is 12.7 Å². The Bertz CT molecular complexity index is 752. The van der Waals surface area contributed by atoms with Gasteiger partial charge in [-0.1, -0.05) is 12.1 Å². The Hall–Kier alpha value is -2.28. The van der Waals surface area contributed by atoms with Crippen molar-refractivity contribution in [2.75, 3.05) is 23.3 Å². The highest BCUT2D eigenvalue weighted by atomic mass is 32.1. The molecule has 2 aromatic rings. The molecule has 1 aliphatic rings. The summed E-state index contributed by atoms with van der Waals surface area (Å²) in [6.07, 6.45) is -0.542. The van der Waals surface area contributed by atoms with Crippen molar-refractivity contribution in [1.29, 1.82) is 0 Å². The molecular weight excluding hydrogens is 371 g/mol. The summed E-state index contributed by atoms with van der Waals surface area (Å²) in [5.41, 5.74) is 2.16. The number of nitrogens with one attached hydrogen (secondary N) is 2. The SMILES string of the molecule is FC(F)(F)c1ccc(NC(=S)NCc2ccc(N3CCCCC3)cc2)cc1. The quantitative estimate of drug-likeness (QED) is 0.700. The maximum Gasteiger partial charge on any atom is 0.416 e. The highest BCUT2D eigenvalue weighted by Gasteiger charge is 2.29. The zero-order valence-electron chi connectivity index (χ0n) is 14.9. The fraction of sp³-hybridized carbons (Fsp3) is 0.350. The minimum absolute atomic E-state index is 0.370. The normalized spacial score (nSPS) is 14.7. The molecule has 3 rings (SSSR count). The van der Waals surface area contributed by atoms with Crippen LogP contribution in [0.1, 0.15) is 30.4 Å². The molecule has 0 unspecified atom stereocenters. The lowest BCUT2D eigenvalue weighted by atomic mass is 10.1. The molecular formula is C20H22F3N3S. The number of anilines is 2. The van der Waals surface area contributed by atoms with E-state index >= 15 is 0 Å². The Morgan fingerprint density at radius 3 is 2.15 bits per heavy atom. The van der Waals surface area contributed by atoms with Crippen LogP contribution < -0.4 is 15.5 Å². The number of alkyl halides is 3. The van der Waals surface area contributed by atoms with E-state index in [-0.39, 0.29) is 0 Å². The van der Waals surface area contributed by atoms with Crippen molar-refractivity contribution in [1.82, 2.24) is 5.32 Å². The molecule has 0 bridgehead atoms. The molecule has 0 amide bonds. The monoisotopic (exact) mass is 393 g/mol. The summed E-state index contributed by atoms with van der Waals surface area (Å²) in [6.45, 7) is 2.77. The number of thiocarbonyl (C=S) groups is 1. The average molecular weight is 393 g/mol. The highest BCUT2D eigenvalue weighted by Crippen LogP contribution is 2.29. The molecule has 1 aliphatic heterocycles. The van der Waals surface area contributed by atoms with Gasteiger partial charge in [-0.3, -0.25) is 0 Å². The first-order valence-electron chi connectivity index (χ1n) is 8.98. The Balaban J connectivity index is 1.48. The van der Waals surface area contributed by atoms with Crippen molar-refractivity contribution in [3.05, 3.63) is 59.7 Å². The molecule has 7 heteroatoms. The van der Waals surface area contributed by atoms with Gasteiger partial charge >= 0.3 is 6.18 Å². The number of piperidine rings is 1. The van der Waals surface area contributed by atoms with Gasteiger partial charge in [0.05, 0.1) is 5.56 Å². The van der Waals surface area contributed by atoms with Gasteiger partial charge in [0, 0.05) is 31.0 Å². The van der Waals surface area contributed by atoms with Gasteiger partial charge < -0.3 is 15.5 Å². The zero-order chi connectivity index (χ0) is 19.3. The molecule has 1 saturated heterocycles. The van der Waals surface area contributed by atoms with Gasteiger partial charge in [0.1, 0.15) is 0 Å². The number of rotatable bonds is 4. The van der Waals surface area contributed by atoms with Crippen LogP contribution >= 0.6 is 12.2 Å². The molecule has 27 heavy (non-hydrogen) atoms. The average Bonchev–Trinajstić information content (AvgIpc) is 2.67. The van der Waals surface area contributed by atoms with Crippen molar-refractivity contribution in [3.8, 4) is 0 Å². The van der Waals surface area contributed by atoms with Crippen LogP contribution in [0.4, 0.5) is 24.5 Å². The lowest BCUT2D eigenvalue weighted by molar-refractivity contribution is -0.137. The summed E-state index contributed by atoms with van der Waals surface area (Å²) in [7, 11) is 0. The fourth-order valence-electron chi connectivity index (χ4n) is 3.08. The van der Waals surface area contributed by atoms with Crippen LogP contribution in [0.15, 0.2) is 48.5 Å². The topological polar surface area (TPSA) is 27.3 Å². The minimum atomic E-state index is -4.34. The number of hydrogen-bond donors (Lipinski definition) is 2. The molecule has 1 fully saturated rings. The van der Waals surface area contributed by atoms with E-state index in [9.17, 15) is 13.2 Å². The first kappa shape index (κ1) is 19.5. The summed E-state index contributed by atoms with van der Waals surface area (Å²) < 4.78 is 37.7. The van der Waals surface area contributed by atoms with Gasteiger partial charge in [-0.05, 0) is 73.4 Å². The van der Waals surface area contributed by atoms with Crippen LogP contribution in [0.2, 0.25) is 0 Å². The molecule has 1 heterocycles. The Morgan fingerprint density at radius 1 is 0.926 bits per heavy atom. The second kappa shape index (κ2) is 8.61. The molecule has 0 saturated carbocycles. The maximum atomic E-state index is 12.6. The predicted octanol–water partition coefficient (Wildman–Crippen LogP) is 5.18. The van der Waals surface area contributed by atoms with Crippen molar-refractivity contribution < 1.29 is 13.2 Å². The van der Waals surface area contributed by atoms with Crippen LogP contribution in [0.3, 0.4) is 0 Å². The second-order valence-electron chi connectivity index (χ2n) is 6.60. The Kier molecular flexibility index (Phi) is 6.21. The van der Waals surface area contributed by atoms with Gasteiger partial charge in [-0.25, -0.2) is 0 Å². The van der Waals surface area contributed by atoms with E-state index < -0.39 is 11.7 Å². The third-order valence-electron chi connectivity index (χ3n) is 4.58. The molecule has 3 nitrogen and oxygen atoms in total. The fourth-order valence-corrected chi connectivity index (χ4v) is 3.27. The van der Waals surface area contributed by atoms with Gasteiger partial charge in [-0.15, -0.1) is 0 Å². The van der Waals surface area contributed by atoms with Crippen molar-refractivity contribution in [2.24, 2.45) is 0 Å². The van der Waals surface area contributed by atoms with E-state index in [1.54, 1.807) is 0 Å². The molecule has 0 aliphatic carbocycles. The number of nitrogens with zero attached hydrogens (tertiary/aromatic N) is 1. The molecule has 0 atom stereocenters. The van der Waals surface area contributed by atoms with Gasteiger partial charge in [0.2, 0.25) is 0 Å². The van der Waals surface area contributed by atoms with E-state index in [1.807, 2.05) is 0 Å². The minimum Gasteiger partial charge on any atom is -0.372 e. The third-order valence-corrected chi connectivity index (χ3v) is 4.83. The number of hydrogen-bond acceptors (Lipinski definition) is 2. The number of benzene rings is 2. The van der Waals surface area contributed by atoms with Crippen molar-refractivity contribution >= 4 is 28.7 Å². The molecule has 2 aromatic carbocycles. The standard InChI is InChI=1S/C20H22F3N3S/c21-20(22,23)16-6-8-17(9-7-16)25-19(27)24-14-15-4-10-18(11-5-15)26-12-2-1-3-13-26/h4-11H,1-3,12-14H2,(H2,24,25,27). The van der Waals surface area contributed by atoms with E-state index in [4.69, 9.17) is 12.2 Å². The summed E-state index contributed by atoms with van der Waals surface area (Å²) in [5, 5.41) is 6.34. The van der Waals surface area contributed by atoms with Gasteiger partial charge in [0.15, 0.2) is 5.11 Å². The van der Waals surface area contributed by atoms with E-state index in [1.165, 1.54) is 37.1 Å². The van der Waals surface area contributed by atoms with Crippen LogP contribution in [0.25, 0.3) is 0 Å². The van der Waals surface area contributed by atoms with E-state index in [0.29, 0.717) is 17.3 Å². The van der Waals surface area contributed by atoms with Gasteiger partial charge in [0.25, 0.3) is 0 Å². The van der Waals surface area contributed by atoms with Crippen molar-refractivity contribution in [3.63, 3.8) is 0 Å². The second-order valence-corrected chi connectivity index (χ2v) is 7.01. The molecule has 0 spiro atoms. The maximum absolute atomic E-state index is 12.6. The van der Waals surface area contributed by atoms with Crippen molar-refractivity contribution in [2.45, 2.75) is 32.0 Å². The van der Waals surface area contributed by atoms with Gasteiger partial charge in [-0.2, -0.15) is 13.2 Å². The third kappa shape index (κ3) is 5.60. The molecule has 0 radical (unpaired) electrons. The Morgan fingerprint density at radius 2 is 1.56 bits per heavy atom. The summed E-state index contributed by atoms with van der Waals surface area (Å²) in [5.74, 6) is 0. The smallest absolute Gasteiger partial charge is 0.372 e. The molecule has 0 aromatic heterocycles. The van der Waals surface area contributed by atoms with E-state index in [2.05, 4.69) is 39.8 Å². The summed E-state index contributed by atoms with van der Waals surface area (Å²) >= 11 is 5.22. The first-order chi connectivity index (χ1) is 12.9. The van der Waals surface area contributed by atoms with Crippen LogP contribution in [0, 0.1) is 0 Å². The molecule has 2 N–H and O–H groups in total. The van der Waals surface area contributed by atoms with Crippen LogP contribution in [0.5, 0.6) is 0 Å². The molecule has 144 valence electrons. The number of halogens is 3. The zero-order valence-corrected chi connectivity index (χ0v) is 15.7. The lowest BCUT2D eigenvalue weighted by Crippen LogP contribution is -2.29.